The third-order valence-corrected chi connectivity index (χ3v) is 4.46. The highest BCUT2D eigenvalue weighted by molar-refractivity contribution is 6.83. The molecule has 23 heavy (non-hydrogen) atoms. The van der Waals surface area contributed by atoms with Crippen molar-refractivity contribution in [2.45, 2.75) is 45.2 Å². The van der Waals surface area contributed by atoms with Gasteiger partial charge in [0.1, 0.15) is 25.6 Å². The monoisotopic (exact) mass is 332 g/mol. The SMILES string of the molecule is COC1CN(c2ccc(C#C[Si](C)(C)C)cn2)C(=O)OC1(C)C. The molecule has 1 atom stereocenters. The molecule has 0 bridgehead atoms. The van der Waals surface area contributed by atoms with Crippen LogP contribution in [0.1, 0.15) is 19.4 Å². The van der Waals surface area contributed by atoms with E-state index in [-0.39, 0.29) is 6.10 Å². The Balaban J connectivity index is 2.19. The first-order valence-corrected chi connectivity index (χ1v) is 11.1. The second kappa shape index (κ2) is 6.34. The van der Waals surface area contributed by atoms with Gasteiger partial charge in [-0.1, -0.05) is 25.6 Å². The van der Waals surface area contributed by atoms with E-state index >= 15 is 0 Å². The van der Waals surface area contributed by atoms with Crippen molar-refractivity contribution in [3.8, 4) is 11.5 Å². The van der Waals surface area contributed by atoms with Gasteiger partial charge in [-0.25, -0.2) is 9.78 Å². The number of aromatic nitrogens is 1. The van der Waals surface area contributed by atoms with Crippen molar-refractivity contribution in [2.75, 3.05) is 18.6 Å². The molecule has 0 radical (unpaired) electrons. The Bertz CT molecular complexity index is 639. The predicted octanol–water partition coefficient (Wildman–Crippen LogP) is 3.06. The lowest BCUT2D eigenvalue weighted by atomic mass is 9.99. The second-order valence-electron chi connectivity index (χ2n) is 7.21. The zero-order valence-corrected chi connectivity index (χ0v) is 15.6. The summed E-state index contributed by atoms with van der Waals surface area (Å²) in [5, 5.41) is 0. The highest BCUT2D eigenvalue weighted by atomic mass is 28.3. The lowest BCUT2D eigenvalue weighted by molar-refractivity contribution is -0.0858. The molecule has 1 aliphatic rings. The van der Waals surface area contributed by atoms with Crippen molar-refractivity contribution < 1.29 is 14.3 Å². The van der Waals surface area contributed by atoms with Gasteiger partial charge in [0.05, 0.1) is 6.54 Å². The Morgan fingerprint density at radius 1 is 1.39 bits per heavy atom. The number of hydrogen-bond acceptors (Lipinski definition) is 4. The zero-order valence-electron chi connectivity index (χ0n) is 14.6. The van der Waals surface area contributed by atoms with Crippen molar-refractivity contribution >= 4 is 20.0 Å². The minimum absolute atomic E-state index is 0.214. The number of carbonyl (C=O) groups is 1. The molecule has 0 spiro atoms. The number of cyclic esters (lactones) is 1. The predicted molar refractivity (Wildman–Crippen MR) is 93.2 cm³/mol. The van der Waals surface area contributed by atoms with E-state index in [1.807, 2.05) is 19.9 Å². The molecule has 1 aromatic rings. The Labute approximate surface area is 139 Å². The van der Waals surface area contributed by atoms with Crippen LogP contribution < -0.4 is 4.90 Å². The van der Waals surface area contributed by atoms with Gasteiger partial charge in [0, 0.05) is 18.9 Å². The highest BCUT2D eigenvalue weighted by Gasteiger charge is 2.42. The fourth-order valence-corrected chi connectivity index (χ4v) is 2.75. The van der Waals surface area contributed by atoms with Crippen LogP contribution in [0.3, 0.4) is 0 Å². The van der Waals surface area contributed by atoms with Gasteiger partial charge in [-0.05, 0) is 26.0 Å². The summed E-state index contributed by atoms with van der Waals surface area (Å²) in [5.41, 5.74) is 3.50. The maximum atomic E-state index is 12.2. The van der Waals surface area contributed by atoms with E-state index in [2.05, 4.69) is 36.1 Å². The van der Waals surface area contributed by atoms with E-state index in [0.717, 1.165) is 5.56 Å². The van der Waals surface area contributed by atoms with Gasteiger partial charge in [0.15, 0.2) is 0 Å². The van der Waals surface area contributed by atoms with Gasteiger partial charge in [0.2, 0.25) is 0 Å². The van der Waals surface area contributed by atoms with Crippen LogP contribution in [0.4, 0.5) is 10.6 Å². The third-order valence-electron chi connectivity index (χ3n) is 3.59. The van der Waals surface area contributed by atoms with Gasteiger partial charge >= 0.3 is 6.09 Å². The van der Waals surface area contributed by atoms with Crippen LogP contribution in [0.25, 0.3) is 0 Å². The van der Waals surface area contributed by atoms with Crippen LogP contribution in [-0.2, 0) is 9.47 Å². The summed E-state index contributed by atoms with van der Waals surface area (Å²) >= 11 is 0. The summed E-state index contributed by atoms with van der Waals surface area (Å²) in [6.07, 6.45) is 1.07. The number of anilines is 1. The van der Waals surface area contributed by atoms with E-state index in [4.69, 9.17) is 9.47 Å². The van der Waals surface area contributed by atoms with Crippen LogP contribution in [0.2, 0.25) is 19.6 Å². The number of nitrogens with zero attached hydrogens (tertiary/aromatic N) is 2. The molecule has 6 heteroatoms. The molecule has 2 rings (SSSR count). The van der Waals surface area contributed by atoms with E-state index in [1.54, 1.807) is 19.4 Å². The molecule has 0 saturated carbocycles. The molecule has 1 fully saturated rings. The molecular weight excluding hydrogens is 308 g/mol. The number of amides is 1. The average molecular weight is 332 g/mol. The van der Waals surface area contributed by atoms with Crippen molar-refractivity contribution in [1.82, 2.24) is 4.98 Å². The van der Waals surface area contributed by atoms with Gasteiger partial charge in [0.25, 0.3) is 0 Å². The summed E-state index contributed by atoms with van der Waals surface area (Å²) in [5.74, 6) is 3.70. The first kappa shape index (κ1) is 17.5. The van der Waals surface area contributed by atoms with Crippen LogP contribution in [-0.4, -0.2) is 44.5 Å². The molecule has 0 aromatic carbocycles. The molecule has 0 N–H and O–H groups in total. The van der Waals surface area contributed by atoms with Crippen molar-refractivity contribution in [3.05, 3.63) is 23.9 Å². The largest absolute Gasteiger partial charge is 0.440 e. The third kappa shape index (κ3) is 4.33. The van der Waals surface area contributed by atoms with E-state index in [1.165, 1.54) is 4.90 Å². The standard InChI is InChI=1S/C17H24N2O3Si/c1-17(2)14(21-3)12-19(16(20)22-17)15-8-7-13(11-18-15)9-10-23(4,5)6/h7-8,11,14H,12H2,1-6H3. The number of methoxy groups -OCH3 is 1. The van der Waals surface area contributed by atoms with E-state index in [9.17, 15) is 4.79 Å². The normalized spacial score (nSPS) is 20.5. The van der Waals surface area contributed by atoms with Gasteiger partial charge in [-0.15, -0.1) is 5.54 Å². The minimum atomic E-state index is -1.42. The summed E-state index contributed by atoms with van der Waals surface area (Å²) in [6.45, 7) is 10.7. The zero-order chi connectivity index (χ0) is 17.3. The van der Waals surface area contributed by atoms with Gasteiger partial charge in [-0.3, -0.25) is 4.90 Å². The van der Waals surface area contributed by atoms with Gasteiger partial charge in [-0.2, -0.15) is 0 Å². The summed E-state index contributed by atoms with van der Waals surface area (Å²) in [6, 6.07) is 3.67. The Morgan fingerprint density at radius 3 is 2.61 bits per heavy atom. The van der Waals surface area contributed by atoms with E-state index in [0.29, 0.717) is 12.4 Å². The first-order valence-electron chi connectivity index (χ1n) is 7.65. The lowest BCUT2D eigenvalue weighted by Gasteiger charge is -2.41. The quantitative estimate of drug-likeness (QED) is 0.617. The number of pyridine rings is 1. The first-order chi connectivity index (χ1) is 10.6. The molecule has 1 saturated heterocycles. The molecular formula is C17H24N2O3Si. The number of carbonyl (C=O) groups excluding carboxylic acids is 1. The fraction of sp³-hybridized carbons (Fsp3) is 0.529. The maximum Gasteiger partial charge on any atom is 0.416 e. The second-order valence-corrected chi connectivity index (χ2v) is 12.0. The summed E-state index contributed by atoms with van der Waals surface area (Å²) in [4.78, 5) is 18.0. The topological polar surface area (TPSA) is 51.7 Å². The average Bonchev–Trinajstić information content (AvgIpc) is 2.44. The fourth-order valence-electron chi connectivity index (χ4n) is 2.23. The Kier molecular flexibility index (Phi) is 4.83. The molecule has 5 nitrogen and oxygen atoms in total. The van der Waals surface area contributed by atoms with Crippen LogP contribution in [0.5, 0.6) is 0 Å². The Hall–Kier alpha value is -1.84. The maximum absolute atomic E-state index is 12.2. The van der Waals surface area contributed by atoms with Crippen molar-refractivity contribution in [2.24, 2.45) is 0 Å². The van der Waals surface area contributed by atoms with Gasteiger partial charge < -0.3 is 9.47 Å². The number of ether oxygens (including phenoxy) is 2. The number of rotatable bonds is 2. The molecule has 0 aliphatic carbocycles. The molecule has 1 aromatic heterocycles. The lowest BCUT2D eigenvalue weighted by Crippen LogP contribution is -2.57. The molecule has 2 heterocycles. The molecule has 1 amide bonds. The molecule has 124 valence electrons. The summed E-state index contributed by atoms with van der Waals surface area (Å²) in [7, 11) is 0.200. The number of hydrogen-bond donors (Lipinski definition) is 0. The van der Waals surface area contributed by atoms with Crippen LogP contribution >= 0.6 is 0 Å². The summed E-state index contributed by atoms with van der Waals surface area (Å²) < 4.78 is 10.9. The smallest absolute Gasteiger partial charge is 0.416 e. The van der Waals surface area contributed by atoms with Crippen molar-refractivity contribution in [1.29, 1.82) is 0 Å². The minimum Gasteiger partial charge on any atom is -0.440 e. The molecule has 1 aliphatic heterocycles. The van der Waals surface area contributed by atoms with E-state index < -0.39 is 19.8 Å². The van der Waals surface area contributed by atoms with Crippen molar-refractivity contribution in [3.63, 3.8) is 0 Å². The highest BCUT2D eigenvalue weighted by Crippen LogP contribution is 2.27. The van der Waals surface area contributed by atoms with Crippen LogP contribution in [0, 0.1) is 11.5 Å². The Morgan fingerprint density at radius 2 is 2.09 bits per heavy atom. The molecule has 1 unspecified atom stereocenters. The van der Waals surface area contributed by atoms with Crippen LogP contribution in [0.15, 0.2) is 18.3 Å².